The van der Waals surface area contributed by atoms with E-state index in [1.54, 1.807) is 0 Å². The number of alkyl halides is 1. The van der Waals surface area contributed by atoms with Crippen molar-refractivity contribution in [1.82, 2.24) is 14.7 Å². The summed E-state index contributed by atoms with van der Waals surface area (Å²) < 4.78 is 31.6. The number of hydrogen-bond donors (Lipinski definition) is 0. The first-order chi connectivity index (χ1) is 11.5. The maximum atomic E-state index is 13.2. The molecule has 1 amide bonds. The van der Waals surface area contributed by atoms with Gasteiger partial charge in [0, 0.05) is 31.3 Å². The first kappa shape index (κ1) is 17.6. The highest BCUT2D eigenvalue weighted by Crippen LogP contribution is 2.21. The maximum Gasteiger partial charge on any atom is 0.274 e. The Labute approximate surface area is 137 Å². The first-order valence-electron chi connectivity index (χ1n) is 7.18. The number of rotatable bonds is 6. The Bertz CT molecular complexity index is 792. The van der Waals surface area contributed by atoms with Gasteiger partial charge in [0.25, 0.3) is 11.5 Å². The summed E-state index contributed by atoms with van der Waals surface area (Å²) in [5, 5.41) is 3.86. The van der Waals surface area contributed by atoms with E-state index in [0.717, 1.165) is 4.68 Å². The van der Waals surface area contributed by atoms with Crippen LogP contribution in [0.15, 0.2) is 35.1 Å². The molecule has 0 unspecified atom stereocenters. The predicted molar refractivity (Wildman–Crippen MR) is 83.2 cm³/mol. The Morgan fingerprint density at radius 3 is 2.75 bits per heavy atom. The Morgan fingerprint density at radius 1 is 1.33 bits per heavy atom. The van der Waals surface area contributed by atoms with E-state index in [0.29, 0.717) is 11.3 Å². The normalized spacial score (nSPS) is 10.5. The summed E-state index contributed by atoms with van der Waals surface area (Å²) in [6, 6.07) is 6.48. The quantitative estimate of drug-likeness (QED) is 0.804. The molecule has 24 heavy (non-hydrogen) atoms. The highest BCUT2D eigenvalue weighted by molar-refractivity contribution is 5.91. The summed E-state index contributed by atoms with van der Waals surface area (Å²) in [6.07, 6.45) is 0. The number of hydrogen-bond acceptors (Lipinski definition) is 4. The van der Waals surface area contributed by atoms with Gasteiger partial charge in [0.1, 0.15) is 23.9 Å². The fourth-order valence-corrected chi connectivity index (χ4v) is 2.18. The van der Waals surface area contributed by atoms with Crippen LogP contribution in [-0.2, 0) is 13.1 Å². The van der Waals surface area contributed by atoms with E-state index in [9.17, 15) is 18.4 Å². The minimum absolute atomic E-state index is 0.0200. The van der Waals surface area contributed by atoms with Crippen LogP contribution < -0.4 is 10.3 Å². The van der Waals surface area contributed by atoms with E-state index in [1.165, 1.54) is 49.4 Å². The summed E-state index contributed by atoms with van der Waals surface area (Å²) in [5.74, 6) is -0.566. The number of carbonyl (C=O) groups is 1. The van der Waals surface area contributed by atoms with Crippen LogP contribution in [0.1, 0.15) is 16.1 Å². The lowest BCUT2D eigenvalue weighted by molar-refractivity contribution is 0.0775. The van der Waals surface area contributed by atoms with Crippen molar-refractivity contribution in [2.75, 3.05) is 20.8 Å². The Hall–Kier alpha value is -2.77. The van der Waals surface area contributed by atoms with E-state index in [2.05, 4.69) is 5.10 Å². The van der Waals surface area contributed by atoms with Crippen LogP contribution in [0.5, 0.6) is 5.75 Å². The Morgan fingerprint density at radius 2 is 2.08 bits per heavy atom. The van der Waals surface area contributed by atoms with Gasteiger partial charge in [-0.2, -0.15) is 5.10 Å². The molecule has 0 radical (unpaired) electrons. The van der Waals surface area contributed by atoms with Gasteiger partial charge in [0.15, 0.2) is 0 Å². The van der Waals surface area contributed by atoms with Crippen LogP contribution in [0.25, 0.3) is 0 Å². The van der Waals surface area contributed by atoms with Gasteiger partial charge in [0.2, 0.25) is 0 Å². The Kier molecular flexibility index (Phi) is 5.62. The molecule has 6 nitrogen and oxygen atoms in total. The molecule has 0 saturated carbocycles. The van der Waals surface area contributed by atoms with Crippen LogP contribution in [0, 0.1) is 5.82 Å². The highest BCUT2D eigenvalue weighted by Gasteiger charge is 2.17. The molecule has 0 aliphatic carbocycles. The molecule has 1 aromatic carbocycles. The van der Waals surface area contributed by atoms with Crippen molar-refractivity contribution in [1.29, 1.82) is 0 Å². The number of aromatic nitrogens is 2. The van der Waals surface area contributed by atoms with Crippen LogP contribution in [-0.4, -0.2) is 41.4 Å². The molecule has 0 bridgehead atoms. The number of ether oxygens (including phenoxy) is 1. The zero-order valence-corrected chi connectivity index (χ0v) is 13.3. The monoisotopic (exact) mass is 337 g/mol. The molecule has 1 aromatic heterocycles. The van der Waals surface area contributed by atoms with Crippen molar-refractivity contribution in [3.05, 3.63) is 57.8 Å². The van der Waals surface area contributed by atoms with Gasteiger partial charge in [0.05, 0.1) is 13.7 Å². The standard InChI is InChI=1S/C16H17F2N3O3/c1-20(10-11-3-4-12(18)9-14(11)24-2)16(23)13-5-6-15(22)21(19-13)8-7-17/h3-6,9H,7-8,10H2,1-2H3. The minimum atomic E-state index is -0.757. The molecule has 8 heteroatoms. The first-order valence-corrected chi connectivity index (χ1v) is 7.18. The van der Waals surface area contributed by atoms with E-state index in [4.69, 9.17) is 4.74 Å². The van der Waals surface area contributed by atoms with Crippen molar-refractivity contribution in [3.8, 4) is 5.75 Å². The maximum absolute atomic E-state index is 13.2. The molecule has 0 saturated heterocycles. The second-order valence-corrected chi connectivity index (χ2v) is 5.09. The topological polar surface area (TPSA) is 64.4 Å². The third kappa shape index (κ3) is 3.95. The van der Waals surface area contributed by atoms with Crippen molar-refractivity contribution < 1.29 is 18.3 Å². The zero-order chi connectivity index (χ0) is 17.7. The summed E-state index contributed by atoms with van der Waals surface area (Å²) >= 11 is 0. The summed E-state index contributed by atoms with van der Waals surface area (Å²) in [6.45, 7) is -0.811. The van der Waals surface area contributed by atoms with E-state index >= 15 is 0 Å². The van der Waals surface area contributed by atoms with E-state index < -0.39 is 24.0 Å². The lowest BCUT2D eigenvalue weighted by Crippen LogP contribution is -2.31. The molecule has 0 fully saturated rings. The molecule has 2 rings (SSSR count). The number of halogens is 2. The molecule has 0 spiro atoms. The lowest BCUT2D eigenvalue weighted by atomic mass is 10.2. The van der Waals surface area contributed by atoms with Gasteiger partial charge in [-0.1, -0.05) is 6.07 Å². The molecule has 2 aromatic rings. The molecule has 0 aliphatic rings. The SMILES string of the molecule is COc1cc(F)ccc1CN(C)C(=O)c1ccc(=O)n(CCF)n1. The van der Waals surface area contributed by atoms with Gasteiger partial charge in [-0.25, -0.2) is 13.5 Å². The van der Waals surface area contributed by atoms with Crippen molar-refractivity contribution in [2.24, 2.45) is 0 Å². The number of carbonyl (C=O) groups excluding carboxylic acids is 1. The van der Waals surface area contributed by atoms with Gasteiger partial charge >= 0.3 is 0 Å². The number of aryl methyl sites for hydroxylation is 1. The van der Waals surface area contributed by atoms with Crippen LogP contribution in [0.3, 0.4) is 0 Å². The van der Waals surface area contributed by atoms with Crippen molar-refractivity contribution in [3.63, 3.8) is 0 Å². The van der Waals surface area contributed by atoms with E-state index in [1.807, 2.05) is 0 Å². The fourth-order valence-electron chi connectivity index (χ4n) is 2.18. The highest BCUT2D eigenvalue weighted by atomic mass is 19.1. The average Bonchev–Trinajstić information content (AvgIpc) is 2.57. The third-order valence-corrected chi connectivity index (χ3v) is 3.39. The van der Waals surface area contributed by atoms with Crippen LogP contribution in [0.2, 0.25) is 0 Å². The minimum Gasteiger partial charge on any atom is -0.496 e. The number of methoxy groups -OCH3 is 1. The van der Waals surface area contributed by atoms with Gasteiger partial charge in [-0.3, -0.25) is 9.59 Å². The average molecular weight is 337 g/mol. The summed E-state index contributed by atoms with van der Waals surface area (Å²) in [4.78, 5) is 25.3. The largest absolute Gasteiger partial charge is 0.496 e. The van der Waals surface area contributed by atoms with Crippen LogP contribution in [0.4, 0.5) is 8.78 Å². The lowest BCUT2D eigenvalue weighted by Gasteiger charge is -2.18. The second kappa shape index (κ2) is 7.67. The van der Waals surface area contributed by atoms with E-state index in [-0.39, 0.29) is 18.8 Å². The molecule has 0 aliphatic heterocycles. The summed E-state index contributed by atoms with van der Waals surface area (Å²) in [5.41, 5.74) is 0.158. The van der Waals surface area contributed by atoms with Gasteiger partial charge < -0.3 is 9.64 Å². The molecule has 1 heterocycles. The number of amides is 1. The Balaban J connectivity index is 2.21. The van der Waals surface area contributed by atoms with Crippen molar-refractivity contribution >= 4 is 5.91 Å². The molecule has 128 valence electrons. The van der Waals surface area contributed by atoms with Crippen molar-refractivity contribution in [2.45, 2.75) is 13.1 Å². The molecule has 0 N–H and O–H groups in total. The number of benzene rings is 1. The molecular formula is C16H17F2N3O3. The predicted octanol–water partition coefficient (Wildman–Crippen LogP) is 1.63. The molecular weight excluding hydrogens is 320 g/mol. The van der Waals surface area contributed by atoms with Gasteiger partial charge in [-0.05, 0) is 12.1 Å². The second-order valence-electron chi connectivity index (χ2n) is 5.09. The third-order valence-electron chi connectivity index (χ3n) is 3.39. The number of nitrogens with zero attached hydrogens (tertiary/aromatic N) is 3. The zero-order valence-electron chi connectivity index (χ0n) is 13.3. The van der Waals surface area contributed by atoms with Crippen LogP contribution >= 0.6 is 0 Å². The smallest absolute Gasteiger partial charge is 0.274 e. The fraction of sp³-hybridized carbons (Fsp3) is 0.312. The molecule has 0 atom stereocenters. The summed E-state index contributed by atoms with van der Waals surface area (Å²) in [7, 11) is 2.95. The van der Waals surface area contributed by atoms with Gasteiger partial charge in [-0.15, -0.1) is 0 Å².